The van der Waals surface area contributed by atoms with Gasteiger partial charge in [-0.15, -0.1) is 0 Å². The third-order valence-corrected chi connectivity index (χ3v) is 6.52. The first-order valence-corrected chi connectivity index (χ1v) is 12.0. The Kier molecular flexibility index (Phi) is 6.71. The minimum absolute atomic E-state index is 0.0578. The van der Waals surface area contributed by atoms with Crippen molar-refractivity contribution in [3.05, 3.63) is 98.8 Å². The van der Waals surface area contributed by atoms with Crippen LogP contribution in [-0.4, -0.2) is 54.0 Å². The van der Waals surface area contributed by atoms with Crippen molar-refractivity contribution in [2.45, 2.75) is 0 Å². The second kappa shape index (κ2) is 10.3. The Bertz CT molecular complexity index is 1640. The van der Waals surface area contributed by atoms with Gasteiger partial charge in [0, 0.05) is 48.4 Å². The number of nitrogens with zero attached hydrogens (tertiary/aromatic N) is 4. The van der Waals surface area contributed by atoms with Crippen LogP contribution in [0.2, 0.25) is 0 Å². The van der Waals surface area contributed by atoms with Crippen molar-refractivity contribution >= 4 is 34.1 Å². The molecule has 3 aromatic carbocycles. The van der Waals surface area contributed by atoms with Gasteiger partial charge in [-0.2, -0.15) is 9.78 Å². The average Bonchev–Trinajstić information content (AvgIpc) is 2.96. The van der Waals surface area contributed by atoms with Crippen LogP contribution in [0.1, 0.15) is 15.9 Å². The number of nitro groups is 1. The lowest BCUT2D eigenvalue weighted by molar-refractivity contribution is -0.384. The molecule has 10 heteroatoms. The summed E-state index contributed by atoms with van der Waals surface area (Å²) >= 11 is 0. The SMILES string of the molecule is C=Cc1cc(C(=O)NC)cc(-c2nn(-c3cc(N4CCOCC4)ccc3[N+](=O)[O-])c(=O)c3ccccc23)c1. The van der Waals surface area contributed by atoms with Gasteiger partial charge in [0.2, 0.25) is 0 Å². The van der Waals surface area contributed by atoms with E-state index in [0.717, 1.165) is 10.4 Å². The van der Waals surface area contributed by atoms with Gasteiger partial charge >= 0.3 is 0 Å². The molecule has 0 saturated carbocycles. The minimum atomic E-state index is -0.524. The van der Waals surface area contributed by atoms with Gasteiger partial charge in [-0.05, 0) is 42.0 Å². The summed E-state index contributed by atoms with van der Waals surface area (Å²) in [4.78, 5) is 39.7. The van der Waals surface area contributed by atoms with E-state index in [4.69, 9.17) is 4.74 Å². The molecule has 0 aliphatic carbocycles. The van der Waals surface area contributed by atoms with E-state index in [0.29, 0.717) is 59.5 Å². The molecule has 0 bridgehead atoms. The normalized spacial score (nSPS) is 13.3. The quantitative estimate of drug-likeness (QED) is 0.309. The number of benzene rings is 3. The van der Waals surface area contributed by atoms with E-state index in [2.05, 4.69) is 17.0 Å². The predicted octanol–water partition coefficient (Wildman–Crippen LogP) is 3.80. The van der Waals surface area contributed by atoms with Crippen molar-refractivity contribution in [3.8, 4) is 16.9 Å². The molecule has 0 radical (unpaired) electrons. The maximum atomic E-state index is 13.7. The Morgan fingerprint density at radius 3 is 2.53 bits per heavy atom. The standard InChI is InChI=1S/C28H25N5O5/c1-3-18-14-19(16-20(15-18)27(34)29-2)26-22-6-4-5-7-23(22)28(35)32(30-26)25-17-21(8-9-24(25)33(36)37)31-10-12-38-13-11-31/h3-9,14-17H,1,10-13H2,2H3,(H,29,34). The fraction of sp³-hybridized carbons (Fsp3) is 0.179. The highest BCUT2D eigenvalue weighted by molar-refractivity contribution is 5.99. The second-order valence-corrected chi connectivity index (χ2v) is 8.77. The van der Waals surface area contributed by atoms with Gasteiger partial charge in [0.1, 0.15) is 5.69 Å². The fourth-order valence-corrected chi connectivity index (χ4v) is 4.60. The van der Waals surface area contributed by atoms with Crippen LogP contribution < -0.4 is 15.8 Å². The molecule has 1 fully saturated rings. The lowest BCUT2D eigenvalue weighted by Gasteiger charge is -2.29. The van der Waals surface area contributed by atoms with Crippen molar-refractivity contribution < 1.29 is 14.5 Å². The molecule has 1 saturated heterocycles. The number of carbonyl (C=O) groups is 1. The average molecular weight is 512 g/mol. The fourth-order valence-electron chi connectivity index (χ4n) is 4.60. The van der Waals surface area contributed by atoms with E-state index in [1.807, 2.05) is 11.0 Å². The lowest BCUT2D eigenvalue weighted by atomic mass is 9.99. The van der Waals surface area contributed by atoms with Gasteiger partial charge in [-0.1, -0.05) is 30.9 Å². The number of hydrogen-bond acceptors (Lipinski definition) is 7. The maximum absolute atomic E-state index is 13.7. The summed E-state index contributed by atoms with van der Waals surface area (Å²) in [7, 11) is 1.54. The number of nitro benzene ring substituents is 1. The second-order valence-electron chi connectivity index (χ2n) is 8.77. The molecule has 1 N–H and O–H groups in total. The number of hydrogen-bond donors (Lipinski definition) is 1. The topological polar surface area (TPSA) is 120 Å². The van der Waals surface area contributed by atoms with E-state index in [-0.39, 0.29) is 17.3 Å². The van der Waals surface area contributed by atoms with E-state index in [1.54, 1.807) is 54.6 Å². The van der Waals surface area contributed by atoms with Crippen LogP contribution in [0.4, 0.5) is 11.4 Å². The highest BCUT2D eigenvalue weighted by atomic mass is 16.6. The molecule has 1 aliphatic heterocycles. The Hall–Kier alpha value is -4.83. The molecule has 0 spiro atoms. The predicted molar refractivity (Wildman–Crippen MR) is 146 cm³/mol. The van der Waals surface area contributed by atoms with Gasteiger partial charge in [0.25, 0.3) is 17.2 Å². The molecule has 5 rings (SSSR count). The molecule has 1 amide bonds. The number of fused-ring (bicyclic) bond motifs is 1. The molecule has 1 aliphatic rings. The van der Waals surface area contributed by atoms with Gasteiger partial charge in [0.05, 0.1) is 29.2 Å². The summed E-state index contributed by atoms with van der Waals surface area (Å²) in [5.41, 5.74) is 2.10. The largest absolute Gasteiger partial charge is 0.378 e. The summed E-state index contributed by atoms with van der Waals surface area (Å²) in [6, 6.07) is 16.8. The summed E-state index contributed by atoms with van der Waals surface area (Å²) in [6.45, 7) is 6.15. The molecule has 2 heterocycles. The first-order valence-electron chi connectivity index (χ1n) is 12.0. The summed E-state index contributed by atoms with van der Waals surface area (Å²) < 4.78 is 6.51. The van der Waals surface area contributed by atoms with Gasteiger partial charge in [-0.25, -0.2) is 0 Å². The number of ether oxygens (including phenoxy) is 1. The van der Waals surface area contributed by atoms with E-state index < -0.39 is 10.5 Å². The maximum Gasteiger partial charge on any atom is 0.295 e. The molecular weight excluding hydrogens is 486 g/mol. The van der Waals surface area contributed by atoms with Crippen molar-refractivity contribution in [3.63, 3.8) is 0 Å². The zero-order valence-corrected chi connectivity index (χ0v) is 20.7. The number of anilines is 1. The molecule has 10 nitrogen and oxygen atoms in total. The smallest absolute Gasteiger partial charge is 0.295 e. The number of nitrogens with one attached hydrogen (secondary N) is 1. The van der Waals surface area contributed by atoms with E-state index in [1.165, 1.54) is 13.1 Å². The Labute approximate surface area is 217 Å². The minimum Gasteiger partial charge on any atom is -0.378 e. The molecule has 192 valence electrons. The number of aromatic nitrogens is 2. The van der Waals surface area contributed by atoms with Crippen molar-refractivity contribution in [2.24, 2.45) is 0 Å². The first-order chi connectivity index (χ1) is 18.4. The number of carbonyl (C=O) groups excluding carboxylic acids is 1. The molecule has 38 heavy (non-hydrogen) atoms. The van der Waals surface area contributed by atoms with Crippen LogP contribution in [0.5, 0.6) is 0 Å². The van der Waals surface area contributed by atoms with E-state index in [9.17, 15) is 19.7 Å². The highest BCUT2D eigenvalue weighted by Gasteiger charge is 2.23. The lowest BCUT2D eigenvalue weighted by Crippen LogP contribution is -2.36. The Morgan fingerprint density at radius 1 is 1.11 bits per heavy atom. The Balaban J connectivity index is 1.80. The Morgan fingerprint density at radius 2 is 1.84 bits per heavy atom. The van der Waals surface area contributed by atoms with Crippen LogP contribution in [0, 0.1) is 10.1 Å². The van der Waals surface area contributed by atoms with Crippen LogP contribution in [0.25, 0.3) is 33.8 Å². The van der Waals surface area contributed by atoms with E-state index >= 15 is 0 Å². The van der Waals surface area contributed by atoms with Crippen molar-refractivity contribution in [2.75, 3.05) is 38.3 Å². The van der Waals surface area contributed by atoms with Gasteiger partial charge in [-0.3, -0.25) is 19.7 Å². The van der Waals surface area contributed by atoms with Gasteiger partial charge in [0.15, 0.2) is 0 Å². The van der Waals surface area contributed by atoms with Crippen LogP contribution in [0.3, 0.4) is 0 Å². The molecule has 1 aromatic heterocycles. The number of rotatable bonds is 6. The molecular formula is C28H25N5O5. The summed E-state index contributed by atoms with van der Waals surface area (Å²) in [5.74, 6) is -0.290. The molecule has 0 atom stereocenters. The summed E-state index contributed by atoms with van der Waals surface area (Å²) in [5, 5.41) is 20.2. The highest BCUT2D eigenvalue weighted by Crippen LogP contribution is 2.31. The monoisotopic (exact) mass is 511 g/mol. The third kappa shape index (κ3) is 4.53. The molecule has 4 aromatic rings. The zero-order valence-electron chi connectivity index (χ0n) is 20.7. The zero-order chi connectivity index (χ0) is 26.8. The van der Waals surface area contributed by atoms with Crippen molar-refractivity contribution in [1.29, 1.82) is 0 Å². The number of morpholine rings is 1. The molecule has 0 unspecified atom stereocenters. The van der Waals surface area contributed by atoms with Gasteiger partial charge < -0.3 is 15.0 Å². The number of amides is 1. The van der Waals surface area contributed by atoms with Crippen LogP contribution in [-0.2, 0) is 4.74 Å². The first kappa shape index (κ1) is 24.8. The van der Waals surface area contributed by atoms with Crippen molar-refractivity contribution in [1.82, 2.24) is 15.1 Å². The summed E-state index contributed by atoms with van der Waals surface area (Å²) in [6.07, 6.45) is 1.62. The van der Waals surface area contributed by atoms with Crippen LogP contribution >= 0.6 is 0 Å². The third-order valence-electron chi connectivity index (χ3n) is 6.52. The van der Waals surface area contributed by atoms with Crippen LogP contribution in [0.15, 0.2) is 72.0 Å².